The quantitative estimate of drug-likeness (QED) is 0.563. The third-order valence-electron chi connectivity index (χ3n) is 3.39. The normalized spacial score (nSPS) is 20.9. The summed E-state index contributed by atoms with van der Waals surface area (Å²) < 4.78 is 1.85. The predicted molar refractivity (Wildman–Crippen MR) is 91.4 cm³/mol. The number of thioether (sulfide) groups is 1. The number of nitrogens with zero attached hydrogens (tertiary/aromatic N) is 1. The molecular formula is C14H13BrN2O2S2. The fourth-order valence-corrected chi connectivity index (χ4v) is 5.39. The van der Waals surface area contributed by atoms with Crippen molar-refractivity contribution in [2.45, 2.75) is 28.8 Å². The molecule has 1 aliphatic heterocycles. The first-order chi connectivity index (χ1) is 10.0. The molecule has 0 aliphatic carbocycles. The topological polar surface area (TPSA) is 55.2 Å². The van der Waals surface area contributed by atoms with Crippen molar-refractivity contribution in [2.75, 3.05) is 5.32 Å². The maximum atomic E-state index is 11.0. The number of hydrogen-bond acceptors (Lipinski definition) is 5. The molecule has 0 saturated heterocycles. The number of nitrogens with one attached hydrogen (secondary N) is 1. The number of hydrogen-bond donors (Lipinski definition) is 1. The number of anilines is 1. The second-order valence-electron chi connectivity index (χ2n) is 4.95. The minimum atomic E-state index is -0.370. The molecule has 4 nitrogen and oxygen atoms in total. The Morgan fingerprint density at radius 1 is 1.43 bits per heavy atom. The zero-order chi connectivity index (χ0) is 15.0. The van der Waals surface area contributed by atoms with Crippen LogP contribution in [0.25, 0.3) is 0 Å². The van der Waals surface area contributed by atoms with E-state index < -0.39 is 0 Å². The highest BCUT2D eigenvalue weighted by Gasteiger charge is 2.26. The second-order valence-corrected chi connectivity index (χ2v) is 8.43. The Bertz CT molecular complexity index is 689. The van der Waals surface area contributed by atoms with Crippen LogP contribution in [0.15, 0.2) is 38.3 Å². The first-order valence-electron chi connectivity index (χ1n) is 6.49. The van der Waals surface area contributed by atoms with E-state index in [4.69, 9.17) is 0 Å². The zero-order valence-electron chi connectivity index (χ0n) is 11.2. The van der Waals surface area contributed by atoms with E-state index in [0.29, 0.717) is 9.72 Å². The SMILES string of the molecule is C[C@H]1CC(Nc2ccc(Br)c([N+](=O)[O-])c2)c2ccsc2S1. The largest absolute Gasteiger partial charge is 0.378 e. The molecule has 2 aromatic rings. The third-order valence-corrected chi connectivity index (χ3v) is 6.41. The van der Waals surface area contributed by atoms with Crippen molar-refractivity contribution in [3.05, 3.63) is 49.8 Å². The summed E-state index contributed by atoms with van der Waals surface area (Å²) in [4.78, 5) is 10.7. The van der Waals surface area contributed by atoms with Gasteiger partial charge in [0.1, 0.15) is 0 Å². The van der Waals surface area contributed by atoms with Gasteiger partial charge < -0.3 is 5.32 Å². The summed E-state index contributed by atoms with van der Waals surface area (Å²) in [6.07, 6.45) is 1.01. The van der Waals surface area contributed by atoms with Crippen molar-refractivity contribution >= 4 is 50.4 Å². The van der Waals surface area contributed by atoms with Crippen LogP contribution in [0.2, 0.25) is 0 Å². The van der Waals surface area contributed by atoms with Crippen molar-refractivity contribution in [3.63, 3.8) is 0 Å². The number of nitro benzene ring substituents is 1. The van der Waals surface area contributed by atoms with Crippen molar-refractivity contribution in [1.29, 1.82) is 0 Å². The van der Waals surface area contributed by atoms with Crippen molar-refractivity contribution < 1.29 is 4.92 Å². The minimum Gasteiger partial charge on any atom is -0.378 e. The van der Waals surface area contributed by atoms with Crippen LogP contribution in [0.1, 0.15) is 24.9 Å². The lowest BCUT2D eigenvalue weighted by Crippen LogP contribution is -2.19. The molecule has 3 rings (SSSR count). The molecule has 2 atom stereocenters. The van der Waals surface area contributed by atoms with Gasteiger partial charge >= 0.3 is 0 Å². The van der Waals surface area contributed by atoms with Crippen LogP contribution >= 0.6 is 39.0 Å². The minimum absolute atomic E-state index is 0.0868. The Morgan fingerprint density at radius 3 is 3.00 bits per heavy atom. The monoisotopic (exact) mass is 384 g/mol. The van der Waals surface area contributed by atoms with Gasteiger partial charge in [-0.3, -0.25) is 10.1 Å². The molecule has 0 saturated carbocycles. The Morgan fingerprint density at radius 2 is 2.24 bits per heavy atom. The van der Waals surface area contributed by atoms with Gasteiger partial charge in [0.2, 0.25) is 0 Å². The maximum absolute atomic E-state index is 11.0. The molecule has 110 valence electrons. The summed E-state index contributed by atoms with van der Waals surface area (Å²) >= 11 is 6.88. The van der Waals surface area contributed by atoms with E-state index in [2.05, 4.69) is 39.6 Å². The van der Waals surface area contributed by atoms with E-state index in [0.717, 1.165) is 12.1 Å². The van der Waals surface area contributed by atoms with Gasteiger partial charge in [-0.2, -0.15) is 0 Å². The first kappa shape index (κ1) is 14.9. The molecule has 0 amide bonds. The molecular weight excluding hydrogens is 372 g/mol. The van der Waals surface area contributed by atoms with Crippen molar-refractivity contribution in [2.24, 2.45) is 0 Å². The third kappa shape index (κ3) is 3.09. The lowest BCUT2D eigenvalue weighted by atomic mass is 10.0. The van der Waals surface area contributed by atoms with E-state index in [1.54, 1.807) is 23.5 Å². The summed E-state index contributed by atoms with van der Waals surface area (Å²) in [5, 5.41) is 17.1. The smallest absolute Gasteiger partial charge is 0.285 e. The van der Waals surface area contributed by atoms with Crippen LogP contribution in [-0.4, -0.2) is 10.2 Å². The molecule has 1 aromatic heterocycles. The number of nitro groups is 1. The zero-order valence-corrected chi connectivity index (χ0v) is 14.4. The summed E-state index contributed by atoms with van der Waals surface area (Å²) in [7, 11) is 0. The average molecular weight is 385 g/mol. The lowest BCUT2D eigenvalue weighted by molar-refractivity contribution is -0.385. The van der Waals surface area contributed by atoms with Crippen molar-refractivity contribution in [3.8, 4) is 0 Å². The van der Waals surface area contributed by atoms with E-state index in [1.807, 2.05) is 17.8 Å². The molecule has 1 aromatic carbocycles. The Balaban J connectivity index is 1.88. The van der Waals surface area contributed by atoms with Gasteiger partial charge in [-0.05, 0) is 51.5 Å². The summed E-state index contributed by atoms with van der Waals surface area (Å²) in [5.41, 5.74) is 2.17. The number of rotatable bonds is 3. The Labute approximate surface area is 139 Å². The number of benzene rings is 1. The predicted octanol–water partition coefficient (Wildman–Crippen LogP) is 5.46. The number of thiophene rings is 1. The van der Waals surface area contributed by atoms with Crippen LogP contribution in [0.4, 0.5) is 11.4 Å². The van der Waals surface area contributed by atoms with Crippen LogP contribution < -0.4 is 5.32 Å². The molecule has 1 N–H and O–H groups in total. The van der Waals surface area contributed by atoms with Gasteiger partial charge in [0.15, 0.2) is 0 Å². The van der Waals surface area contributed by atoms with Crippen molar-refractivity contribution in [1.82, 2.24) is 0 Å². The fraction of sp³-hybridized carbons (Fsp3) is 0.286. The van der Waals surface area contributed by atoms with Crippen LogP contribution in [0, 0.1) is 10.1 Å². The highest BCUT2D eigenvalue weighted by molar-refractivity contribution is 9.10. The number of fused-ring (bicyclic) bond motifs is 1. The van der Waals surface area contributed by atoms with Crippen LogP contribution in [-0.2, 0) is 0 Å². The van der Waals surface area contributed by atoms with Gasteiger partial charge in [-0.15, -0.1) is 23.1 Å². The molecule has 2 heterocycles. The number of halogens is 1. The molecule has 0 fully saturated rings. The Kier molecular flexibility index (Phi) is 4.24. The first-order valence-corrected chi connectivity index (χ1v) is 9.04. The van der Waals surface area contributed by atoms with Gasteiger partial charge in [0.05, 0.1) is 19.6 Å². The lowest BCUT2D eigenvalue weighted by Gasteiger charge is -2.28. The van der Waals surface area contributed by atoms with Gasteiger partial charge in [-0.25, -0.2) is 0 Å². The standard InChI is InChI=1S/C14H13BrN2O2S2/c1-8-6-12(10-4-5-20-14(10)21-8)16-9-2-3-11(15)13(7-9)17(18)19/h2-5,7-8,12,16H,6H2,1H3/t8-,12?/m0/s1. The summed E-state index contributed by atoms with van der Waals surface area (Å²) in [5.74, 6) is 0. The van der Waals surface area contributed by atoms with Crippen LogP contribution in [0.5, 0.6) is 0 Å². The highest BCUT2D eigenvalue weighted by Crippen LogP contribution is 2.45. The van der Waals surface area contributed by atoms with Gasteiger partial charge in [0, 0.05) is 17.0 Å². The average Bonchev–Trinajstić information content (AvgIpc) is 2.88. The molecule has 7 heteroatoms. The molecule has 0 bridgehead atoms. The maximum Gasteiger partial charge on any atom is 0.285 e. The van der Waals surface area contributed by atoms with E-state index in [1.165, 1.54) is 9.77 Å². The van der Waals surface area contributed by atoms with Gasteiger partial charge in [-0.1, -0.05) is 6.92 Å². The van der Waals surface area contributed by atoms with Gasteiger partial charge in [0.25, 0.3) is 5.69 Å². The van der Waals surface area contributed by atoms with E-state index in [9.17, 15) is 10.1 Å². The Hall–Kier alpha value is -1.05. The molecule has 1 unspecified atom stereocenters. The second kappa shape index (κ2) is 5.98. The van der Waals surface area contributed by atoms with E-state index in [-0.39, 0.29) is 16.7 Å². The highest BCUT2D eigenvalue weighted by atomic mass is 79.9. The molecule has 0 radical (unpaired) electrons. The van der Waals surface area contributed by atoms with Crippen LogP contribution in [0.3, 0.4) is 0 Å². The molecule has 0 spiro atoms. The molecule has 21 heavy (non-hydrogen) atoms. The van der Waals surface area contributed by atoms with E-state index >= 15 is 0 Å². The summed E-state index contributed by atoms with van der Waals surface area (Å²) in [6, 6.07) is 7.53. The fourth-order valence-electron chi connectivity index (χ4n) is 2.43. The summed E-state index contributed by atoms with van der Waals surface area (Å²) in [6.45, 7) is 2.21. The molecule has 1 aliphatic rings.